The molecule has 1 aromatic carbocycles. The maximum Gasteiger partial charge on any atom is 0.230 e. The Kier molecular flexibility index (Phi) is 6.25. The fourth-order valence-electron chi connectivity index (χ4n) is 2.55. The highest BCUT2D eigenvalue weighted by Crippen LogP contribution is 2.19. The van der Waals surface area contributed by atoms with Crippen LogP contribution >= 0.6 is 11.8 Å². The van der Waals surface area contributed by atoms with Gasteiger partial charge in [-0.3, -0.25) is 4.79 Å². The molecule has 7 heteroatoms. The maximum absolute atomic E-state index is 12.9. The van der Waals surface area contributed by atoms with Gasteiger partial charge in [-0.1, -0.05) is 6.07 Å². The number of nitrogens with zero attached hydrogens (tertiary/aromatic N) is 2. The number of carbonyl (C=O) groups excluding carboxylic acids is 1. The smallest absolute Gasteiger partial charge is 0.230 e. The van der Waals surface area contributed by atoms with E-state index in [1.165, 1.54) is 23.9 Å². The number of hydrogen-bond acceptors (Lipinski definition) is 5. The van der Waals surface area contributed by atoms with E-state index in [1.54, 1.807) is 18.3 Å². The molecule has 0 atom stereocenters. The lowest BCUT2D eigenvalue weighted by molar-refractivity contribution is -0.118. The van der Waals surface area contributed by atoms with E-state index in [1.807, 2.05) is 12.1 Å². The Hall–Kier alpha value is -2.12. The van der Waals surface area contributed by atoms with Crippen LogP contribution in [0.5, 0.6) is 0 Å². The standard InChI is InChI=1S/C18H20FN3O2S/c19-15-3-5-16(6-4-15)25-13-17(23)21-12-14-2-1-7-20-18(14)22-8-10-24-11-9-22/h1-7H,8-13H2,(H,21,23). The molecule has 1 saturated heterocycles. The summed E-state index contributed by atoms with van der Waals surface area (Å²) in [6.07, 6.45) is 1.76. The van der Waals surface area contributed by atoms with Crippen molar-refractivity contribution in [2.45, 2.75) is 11.4 Å². The van der Waals surface area contributed by atoms with E-state index in [9.17, 15) is 9.18 Å². The lowest BCUT2D eigenvalue weighted by atomic mass is 10.2. The first-order valence-corrected chi connectivity index (χ1v) is 9.12. The van der Waals surface area contributed by atoms with E-state index in [0.29, 0.717) is 25.5 Å². The first-order valence-electron chi connectivity index (χ1n) is 8.14. The van der Waals surface area contributed by atoms with Gasteiger partial charge in [-0.2, -0.15) is 0 Å². The zero-order valence-electron chi connectivity index (χ0n) is 13.8. The van der Waals surface area contributed by atoms with Crippen LogP contribution in [0.2, 0.25) is 0 Å². The normalized spacial score (nSPS) is 14.4. The second kappa shape index (κ2) is 8.82. The molecule has 2 heterocycles. The van der Waals surface area contributed by atoms with Crippen molar-refractivity contribution in [2.75, 3.05) is 37.0 Å². The number of halogens is 1. The van der Waals surface area contributed by atoms with Crippen molar-refractivity contribution in [1.29, 1.82) is 0 Å². The lowest BCUT2D eigenvalue weighted by Gasteiger charge is -2.29. The number of benzene rings is 1. The second-order valence-corrected chi connectivity index (χ2v) is 6.65. The van der Waals surface area contributed by atoms with Crippen LogP contribution in [0.25, 0.3) is 0 Å². The van der Waals surface area contributed by atoms with Crippen LogP contribution in [0.4, 0.5) is 10.2 Å². The molecule has 1 aliphatic heterocycles. The average molecular weight is 361 g/mol. The summed E-state index contributed by atoms with van der Waals surface area (Å²) in [6.45, 7) is 3.42. The third-order valence-corrected chi connectivity index (χ3v) is 4.85. The molecule has 0 radical (unpaired) electrons. The number of rotatable bonds is 6. The number of aromatic nitrogens is 1. The number of anilines is 1. The van der Waals surface area contributed by atoms with Crippen molar-refractivity contribution in [2.24, 2.45) is 0 Å². The molecule has 3 rings (SSSR count). The molecule has 1 amide bonds. The molecule has 1 aliphatic rings. The fourth-order valence-corrected chi connectivity index (χ4v) is 3.28. The first kappa shape index (κ1) is 17.7. The molecule has 2 aromatic rings. The number of thioether (sulfide) groups is 1. The van der Waals surface area contributed by atoms with Crippen LogP contribution in [-0.2, 0) is 16.1 Å². The third-order valence-electron chi connectivity index (χ3n) is 3.84. The largest absolute Gasteiger partial charge is 0.378 e. The molecule has 0 aliphatic carbocycles. The predicted octanol–water partition coefficient (Wildman–Crippen LogP) is 2.47. The molecule has 25 heavy (non-hydrogen) atoms. The SMILES string of the molecule is O=C(CSc1ccc(F)cc1)NCc1cccnc1N1CCOCC1. The molecule has 1 fully saturated rings. The zero-order valence-corrected chi connectivity index (χ0v) is 14.6. The minimum Gasteiger partial charge on any atom is -0.378 e. The van der Waals surface area contributed by atoms with Gasteiger partial charge in [0.2, 0.25) is 5.91 Å². The Morgan fingerprint density at radius 1 is 1.24 bits per heavy atom. The molecule has 0 spiro atoms. The minimum atomic E-state index is -0.277. The van der Waals surface area contributed by atoms with Crippen molar-refractivity contribution < 1.29 is 13.9 Å². The summed E-state index contributed by atoms with van der Waals surface area (Å²) in [5.41, 5.74) is 0.990. The van der Waals surface area contributed by atoms with Gasteiger partial charge in [-0.05, 0) is 30.3 Å². The van der Waals surface area contributed by atoms with Gasteiger partial charge in [0.1, 0.15) is 11.6 Å². The first-order chi connectivity index (χ1) is 12.2. The molecule has 1 aromatic heterocycles. The maximum atomic E-state index is 12.9. The zero-order chi connectivity index (χ0) is 17.5. The van der Waals surface area contributed by atoms with E-state index in [4.69, 9.17) is 4.74 Å². The van der Waals surface area contributed by atoms with Gasteiger partial charge in [0.05, 0.1) is 19.0 Å². The molecule has 5 nitrogen and oxygen atoms in total. The molecule has 1 N–H and O–H groups in total. The minimum absolute atomic E-state index is 0.0638. The predicted molar refractivity (Wildman–Crippen MR) is 96.2 cm³/mol. The molecular weight excluding hydrogens is 341 g/mol. The van der Waals surface area contributed by atoms with Crippen LogP contribution < -0.4 is 10.2 Å². The quantitative estimate of drug-likeness (QED) is 0.801. The number of pyridine rings is 1. The summed E-state index contributed by atoms with van der Waals surface area (Å²) < 4.78 is 18.3. The molecular formula is C18H20FN3O2S. The van der Waals surface area contributed by atoms with E-state index in [0.717, 1.165) is 29.4 Å². The van der Waals surface area contributed by atoms with Crippen LogP contribution in [0, 0.1) is 5.82 Å². The Morgan fingerprint density at radius 2 is 2.00 bits per heavy atom. The van der Waals surface area contributed by atoms with Crippen LogP contribution in [-0.4, -0.2) is 42.9 Å². The van der Waals surface area contributed by atoms with Crippen molar-refractivity contribution in [3.05, 3.63) is 54.0 Å². The van der Waals surface area contributed by atoms with Crippen LogP contribution in [0.3, 0.4) is 0 Å². The highest BCUT2D eigenvalue weighted by molar-refractivity contribution is 8.00. The second-order valence-electron chi connectivity index (χ2n) is 5.60. The number of hydrogen-bond donors (Lipinski definition) is 1. The number of morpholine rings is 1. The Bertz CT molecular complexity index is 706. The summed E-state index contributed by atoms with van der Waals surface area (Å²) in [5, 5.41) is 2.93. The van der Waals surface area contributed by atoms with Crippen LogP contribution in [0.1, 0.15) is 5.56 Å². The molecule has 132 valence electrons. The average Bonchev–Trinajstić information content (AvgIpc) is 2.67. The summed E-state index contributed by atoms with van der Waals surface area (Å²) in [5.74, 6) is 0.850. The number of carbonyl (C=O) groups is 1. The van der Waals surface area contributed by atoms with Crippen molar-refractivity contribution in [3.63, 3.8) is 0 Å². The van der Waals surface area contributed by atoms with E-state index in [-0.39, 0.29) is 11.7 Å². The van der Waals surface area contributed by atoms with E-state index in [2.05, 4.69) is 15.2 Å². The van der Waals surface area contributed by atoms with E-state index < -0.39 is 0 Å². The molecule has 0 unspecified atom stereocenters. The van der Waals surface area contributed by atoms with Crippen LogP contribution in [0.15, 0.2) is 47.5 Å². The molecule has 0 bridgehead atoms. The third kappa shape index (κ3) is 5.17. The Balaban J connectivity index is 1.52. The summed E-state index contributed by atoms with van der Waals surface area (Å²) in [7, 11) is 0. The molecule has 0 saturated carbocycles. The van der Waals surface area contributed by atoms with Gasteiger partial charge in [-0.15, -0.1) is 11.8 Å². The monoisotopic (exact) mass is 361 g/mol. The van der Waals surface area contributed by atoms with Gasteiger partial charge in [-0.25, -0.2) is 9.37 Å². The highest BCUT2D eigenvalue weighted by Gasteiger charge is 2.16. The lowest BCUT2D eigenvalue weighted by Crippen LogP contribution is -2.38. The topological polar surface area (TPSA) is 54.5 Å². The summed E-state index contributed by atoms with van der Waals surface area (Å²) in [6, 6.07) is 9.98. The summed E-state index contributed by atoms with van der Waals surface area (Å²) in [4.78, 5) is 19.6. The van der Waals surface area contributed by atoms with Gasteiger partial charge in [0.15, 0.2) is 0 Å². The van der Waals surface area contributed by atoms with Crippen molar-refractivity contribution in [1.82, 2.24) is 10.3 Å². The summed E-state index contributed by atoms with van der Waals surface area (Å²) >= 11 is 1.38. The Labute approximate surface area is 150 Å². The van der Waals surface area contributed by atoms with Crippen molar-refractivity contribution in [3.8, 4) is 0 Å². The number of nitrogens with one attached hydrogen (secondary N) is 1. The highest BCUT2D eigenvalue weighted by atomic mass is 32.2. The van der Waals surface area contributed by atoms with Gasteiger partial charge >= 0.3 is 0 Å². The van der Waals surface area contributed by atoms with Crippen molar-refractivity contribution >= 4 is 23.5 Å². The Morgan fingerprint density at radius 3 is 2.76 bits per heavy atom. The van der Waals surface area contributed by atoms with Gasteiger partial charge < -0.3 is 15.0 Å². The van der Waals surface area contributed by atoms with Gasteiger partial charge in [0.25, 0.3) is 0 Å². The number of ether oxygens (including phenoxy) is 1. The van der Waals surface area contributed by atoms with Gasteiger partial charge in [0, 0.05) is 36.3 Å². The fraction of sp³-hybridized carbons (Fsp3) is 0.333. The number of amides is 1. The van der Waals surface area contributed by atoms with E-state index >= 15 is 0 Å².